The van der Waals surface area contributed by atoms with E-state index in [9.17, 15) is 9.59 Å². The normalized spacial score (nSPS) is 14.7. The first kappa shape index (κ1) is 12.9. The fourth-order valence-electron chi connectivity index (χ4n) is 1.45. The van der Waals surface area contributed by atoms with Gasteiger partial charge in [0.1, 0.15) is 0 Å². The number of carbonyl (C=O) groups is 2. The molecular weight excluding hydrogens is 184 g/mol. The van der Waals surface area contributed by atoms with Gasteiger partial charge in [-0.05, 0) is 12.3 Å². The van der Waals surface area contributed by atoms with Crippen molar-refractivity contribution in [3.63, 3.8) is 0 Å². The standard InChI is InChI=1S/C10H18O4/c1-3-4-5-7(2)8(10(13)14)6-9(11)12/h7-8H,3-6H2,1-2H3,(H,11,12)(H,13,14)/t7?,8-/m1/s1. The third kappa shape index (κ3) is 4.84. The summed E-state index contributed by atoms with van der Waals surface area (Å²) in [7, 11) is 0. The van der Waals surface area contributed by atoms with Crippen molar-refractivity contribution in [2.75, 3.05) is 0 Å². The van der Waals surface area contributed by atoms with Crippen LogP contribution >= 0.6 is 0 Å². The van der Waals surface area contributed by atoms with Gasteiger partial charge < -0.3 is 10.2 Å². The molecule has 0 aliphatic carbocycles. The van der Waals surface area contributed by atoms with Crippen molar-refractivity contribution < 1.29 is 19.8 Å². The van der Waals surface area contributed by atoms with Crippen LogP contribution in [0.2, 0.25) is 0 Å². The van der Waals surface area contributed by atoms with Gasteiger partial charge in [0.25, 0.3) is 0 Å². The Kier molecular flexibility index (Phi) is 5.92. The molecule has 0 rings (SSSR count). The van der Waals surface area contributed by atoms with Crippen LogP contribution in [0, 0.1) is 11.8 Å². The average molecular weight is 202 g/mol. The predicted octanol–water partition coefficient (Wildman–Crippen LogP) is 1.99. The molecule has 0 spiro atoms. The van der Waals surface area contributed by atoms with Crippen LogP contribution < -0.4 is 0 Å². The molecule has 0 aromatic heterocycles. The van der Waals surface area contributed by atoms with Crippen molar-refractivity contribution in [1.29, 1.82) is 0 Å². The average Bonchev–Trinajstić information content (AvgIpc) is 2.09. The molecule has 0 aromatic carbocycles. The maximum Gasteiger partial charge on any atom is 0.307 e. The summed E-state index contributed by atoms with van der Waals surface area (Å²) in [5.41, 5.74) is 0. The molecule has 0 saturated heterocycles. The van der Waals surface area contributed by atoms with Crippen molar-refractivity contribution in [1.82, 2.24) is 0 Å². The highest BCUT2D eigenvalue weighted by Crippen LogP contribution is 2.21. The largest absolute Gasteiger partial charge is 0.481 e. The van der Waals surface area contributed by atoms with Gasteiger partial charge in [-0.15, -0.1) is 0 Å². The number of rotatable bonds is 7. The number of carboxylic acids is 2. The predicted molar refractivity (Wildman–Crippen MR) is 52.1 cm³/mol. The fourth-order valence-corrected chi connectivity index (χ4v) is 1.45. The zero-order chi connectivity index (χ0) is 11.1. The second-order valence-corrected chi connectivity index (χ2v) is 3.66. The lowest BCUT2D eigenvalue weighted by Crippen LogP contribution is -2.24. The van der Waals surface area contributed by atoms with E-state index in [1.165, 1.54) is 0 Å². The molecule has 14 heavy (non-hydrogen) atoms. The summed E-state index contributed by atoms with van der Waals surface area (Å²) in [4.78, 5) is 21.2. The first-order chi connectivity index (χ1) is 6.49. The molecular formula is C10H18O4. The fraction of sp³-hybridized carbons (Fsp3) is 0.800. The molecule has 0 bridgehead atoms. The summed E-state index contributed by atoms with van der Waals surface area (Å²) in [6, 6.07) is 0. The first-order valence-corrected chi connectivity index (χ1v) is 4.93. The third-order valence-electron chi connectivity index (χ3n) is 2.41. The monoisotopic (exact) mass is 202 g/mol. The van der Waals surface area contributed by atoms with E-state index in [1.807, 2.05) is 6.92 Å². The molecule has 0 heterocycles. The quantitative estimate of drug-likeness (QED) is 0.662. The number of aliphatic carboxylic acids is 2. The molecule has 0 aromatic rings. The summed E-state index contributed by atoms with van der Waals surface area (Å²) in [6.07, 6.45) is 2.45. The number of hydrogen-bond acceptors (Lipinski definition) is 2. The summed E-state index contributed by atoms with van der Waals surface area (Å²) >= 11 is 0. The third-order valence-corrected chi connectivity index (χ3v) is 2.41. The highest BCUT2D eigenvalue weighted by Gasteiger charge is 2.26. The van der Waals surface area contributed by atoms with Gasteiger partial charge >= 0.3 is 11.9 Å². The van der Waals surface area contributed by atoms with E-state index < -0.39 is 17.9 Å². The molecule has 2 N–H and O–H groups in total. The van der Waals surface area contributed by atoms with Gasteiger partial charge in [-0.2, -0.15) is 0 Å². The molecule has 2 atom stereocenters. The van der Waals surface area contributed by atoms with E-state index >= 15 is 0 Å². The second kappa shape index (κ2) is 6.40. The molecule has 0 fully saturated rings. The highest BCUT2D eigenvalue weighted by molar-refractivity contribution is 5.77. The maximum absolute atomic E-state index is 10.8. The minimum Gasteiger partial charge on any atom is -0.481 e. The van der Waals surface area contributed by atoms with Crippen LogP contribution in [0.5, 0.6) is 0 Å². The molecule has 0 radical (unpaired) electrons. The van der Waals surface area contributed by atoms with E-state index in [0.29, 0.717) is 0 Å². The lowest BCUT2D eigenvalue weighted by atomic mass is 9.87. The molecule has 82 valence electrons. The van der Waals surface area contributed by atoms with Gasteiger partial charge in [-0.1, -0.05) is 26.7 Å². The number of unbranched alkanes of at least 4 members (excludes halogenated alkanes) is 1. The van der Waals surface area contributed by atoms with Gasteiger partial charge in [0.05, 0.1) is 12.3 Å². The molecule has 1 unspecified atom stereocenters. The second-order valence-electron chi connectivity index (χ2n) is 3.66. The van der Waals surface area contributed by atoms with Crippen molar-refractivity contribution in [3.05, 3.63) is 0 Å². The number of hydrogen-bond donors (Lipinski definition) is 2. The van der Waals surface area contributed by atoms with Crippen LogP contribution in [0.3, 0.4) is 0 Å². The Morgan fingerprint density at radius 1 is 1.29 bits per heavy atom. The highest BCUT2D eigenvalue weighted by atomic mass is 16.4. The minimum absolute atomic E-state index is 0.0662. The van der Waals surface area contributed by atoms with Gasteiger partial charge in [0, 0.05) is 0 Å². The van der Waals surface area contributed by atoms with Gasteiger partial charge in [0.2, 0.25) is 0 Å². The Morgan fingerprint density at radius 2 is 1.86 bits per heavy atom. The summed E-state index contributed by atoms with van der Waals surface area (Å²) in [6.45, 7) is 3.83. The molecule has 0 aliphatic heterocycles. The summed E-state index contributed by atoms with van der Waals surface area (Å²) < 4.78 is 0. The Morgan fingerprint density at radius 3 is 2.21 bits per heavy atom. The van der Waals surface area contributed by atoms with Crippen molar-refractivity contribution in [3.8, 4) is 0 Å². The van der Waals surface area contributed by atoms with Crippen LogP contribution in [0.4, 0.5) is 0 Å². The van der Waals surface area contributed by atoms with E-state index in [-0.39, 0.29) is 12.3 Å². The first-order valence-electron chi connectivity index (χ1n) is 4.93. The van der Waals surface area contributed by atoms with Crippen molar-refractivity contribution >= 4 is 11.9 Å². The minimum atomic E-state index is -1.04. The van der Waals surface area contributed by atoms with E-state index in [2.05, 4.69) is 0 Å². The Balaban J connectivity index is 4.18. The Bertz CT molecular complexity index is 200. The zero-order valence-electron chi connectivity index (χ0n) is 8.69. The van der Waals surface area contributed by atoms with Crippen molar-refractivity contribution in [2.24, 2.45) is 11.8 Å². The van der Waals surface area contributed by atoms with Crippen LogP contribution in [0.25, 0.3) is 0 Å². The van der Waals surface area contributed by atoms with E-state index in [4.69, 9.17) is 10.2 Å². The van der Waals surface area contributed by atoms with Crippen LogP contribution in [0.15, 0.2) is 0 Å². The SMILES string of the molecule is CCCCC(C)[C@@H](CC(=O)O)C(=O)O. The number of carboxylic acid groups (broad SMARTS) is 2. The van der Waals surface area contributed by atoms with E-state index in [0.717, 1.165) is 19.3 Å². The maximum atomic E-state index is 10.8. The summed E-state index contributed by atoms with van der Waals surface area (Å²) in [5.74, 6) is -2.86. The Labute approximate surface area is 83.9 Å². The molecule has 0 amide bonds. The molecule has 4 nitrogen and oxygen atoms in total. The van der Waals surface area contributed by atoms with Crippen LogP contribution in [-0.4, -0.2) is 22.2 Å². The summed E-state index contributed by atoms with van der Waals surface area (Å²) in [5, 5.41) is 17.4. The van der Waals surface area contributed by atoms with Gasteiger partial charge in [-0.25, -0.2) is 0 Å². The topological polar surface area (TPSA) is 74.6 Å². The lowest BCUT2D eigenvalue weighted by Gasteiger charge is -2.17. The van der Waals surface area contributed by atoms with Gasteiger partial charge in [0.15, 0.2) is 0 Å². The molecule has 4 heteroatoms. The van der Waals surface area contributed by atoms with Crippen molar-refractivity contribution in [2.45, 2.75) is 39.5 Å². The zero-order valence-corrected chi connectivity index (χ0v) is 8.69. The molecule has 0 aliphatic rings. The lowest BCUT2D eigenvalue weighted by molar-refractivity contribution is -0.150. The molecule has 0 saturated carbocycles. The van der Waals surface area contributed by atoms with Crippen LogP contribution in [-0.2, 0) is 9.59 Å². The van der Waals surface area contributed by atoms with E-state index in [1.54, 1.807) is 6.92 Å². The smallest absolute Gasteiger partial charge is 0.307 e. The Hall–Kier alpha value is -1.06. The van der Waals surface area contributed by atoms with Gasteiger partial charge in [-0.3, -0.25) is 9.59 Å². The van der Waals surface area contributed by atoms with Crippen LogP contribution in [0.1, 0.15) is 39.5 Å².